The van der Waals surface area contributed by atoms with E-state index in [0.29, 0.717) is 17.5 Å². The number of para-hydroxylation sites is 1. The molecule has 0 spiro atoms. The van der Waals surface area contributed by atoms with E-state index in [0.717, 1.165) is 55.7 Å². The van der Waals surface area contributed by atoms with Crippen LogP contribution in [0, 0.1) is 0 Å². The van der Waals surface area contributed by atoms with E-state index in [1.54, 1.807) is 0 Å². The molecule has 0 saturated carbocycles. The van der Waals surface area contributed by atoms with Gasteiger partial charge in [0, 0.05) is 27.6 Å². The first-order valence-corrected chi connectivity index (χ1v) is 19.2. The second-order valence-electron chi connectivity index (χ2n) is 14.4. The number of aromatic nitrogens is 3. The quantitative estimate of drug-likeness (QED) is 0.126. The standard InChI is InChI=1S/C53H33N3O/c1-2-11-34(12-3-1)40-16-10-17-43(31-40)53-55-51(38-25-21-36(22-26-38)49-33-42-15-6-9-20-48(42)57-49)54-52(56-53)39-27-23-37(24-28-39)50-45-19-8-5-14-41(45)32-47-44-18-7-4-13-35(44)29-30-46(47)50/h1-33H. The van der Waals surface area contributed by atoms with Crippen molar-refractivity contribution in [1.82, 2.24) is 15.0 Å². The molecule has 4 nitrogen and oxygen atoms in total. The van der Waals surface area contributed by atoms with Gasteiger partial charge in [-0.1, -0.05) is 176 Å². The minimum absolute atomic E-state index is 0.604. The first-order chi connectivity index (χ1) is 28.2. The lowest BCUT2D eigenvalue weighted by atomic mass is 9.89. The zero-order valence-corrected chi connectivity index (χ0v) is 30.8. The summed E-state index contributed by atoms with van der Waals surface area (Å²) >= 11 is 0. The zero-order chi connectivity index (χ0) is 37.7. The van der Waals surface area contributed by atoms with Crippen LogP contribution in [0.3, 0.4) is 0 Å². The van der Waals surface area contributed by atoms with Crippen molar-refractivity contribution in [3.05, 3.63) is 200 Å². The molecule has 57 heavy (non-hydrogen) atoms. The fraction of sp³-hybridized carbons (Fsp3) is 0. The number of hydrogen-bond donors (Lipinski definition) is 0. The van der Waals surface area contributed by atoms with Crippen LogP contribution in [0.5, 0.6) is 0 Å². The third-order valence-electron chi connectivity index (χ3n) is 10.9. The van der Waals surface area contributed by atoms with E-state index >= 15 is 0 Å². The summed E-state index contributed by atoms with van der Waals surface area (Å²) in [4.78, 5) is 15.3. The van der Waals surface area contributed by atoms with Crippen molar-refractivity contribution in [3.63, 3.8) is 0 Å². The van der Waals surface area contributed by atoms with Crippen molar-refractivity contribution in [1.29, 1.82) is 0 Å². The Morgan fingerprint density at radius 1 is 0.281 bits per heavy atom. The monoisotopic (exact) mass is 727 g/mol. The lowest BCUT2D eigenvalue weighted by molar-refractivity contribution is 0.631. The molecule has 0 amide bonds. The van der Waals surface area contributed by atoms with Gasteiger partial charge in [-0.15, -0.1) is 0 Å². The highest BCUT2D eigenvalue weighted by atomic mass is 16.3. The molecule has 11 rings (SSSR count). The number of rotatable bonds is 6. The Kier molecular flexibility index (Phi) is 7.78. The minimum Gasteiger partial charge on any atom is -0.456 e. The summed E-state index contributed by atoms with van der Waals surface area (Å²) in [5, 5.41) is 8.50. The van der Waals surface area contributed by atoms with Gasteiger partial charge in [0.15, 0.2) is 17.5 Å². The molecule has 0 aliphatic carbocycles. The number of furan rings is 1. The highest BCUT2D eigenvalue weighted by molar-refractivity contribution is 6.20. The normalized spacial score (nSPS) is 11.5. The number of benzene rings is 9. The van der Waals surface area contributed by atoms with E-state index in [9.17, 15) is 0 Å². The van der Waals surface area contributed by atoms with Crippen LogP contribution in [-0.2, 0) is 0 Å². The first-order valence-electron chi connectivity index (χ1n) is 19.2. The molecule has 0 aliphatic heterocycles. The third-order valence-corrected chi connectivity index (χ3v) is 10.9. The van der Waals surface area contributed by atoms with Gasteiger partial charge in [-0.05, 0) is 78.8 Å². The van der Waals surface area contributed by atoms with E-state index in [1.807, 2.05) is 24.3 Å². The Balaban J connectivity index is 1.03. The molecular formula is C53H33N3O. The van der Waals surface area contributed by atoms with Gasteiger partial charge in [-0.2, -0.15) is 0 Å². The Hall–Kier alpha value is -7.69. The van der Waals surface area contributed by atoms with E-state index in [-0.39, 0.29) is 0 Å². The van der Waals surface area contributed by atoms with E-state index in [1.165, 1.54) is 37.9 Å². The summed E-state index contributed by atoms with van der Waals surface area (Å²) in [5.74, 6) is 2.66. The predicted octanol–water partition coefficient (Wildman–Crippen LogP) is 14.1. The zero-order valence-electron chi connectivity index (χ0n) is 30.8. The molecule has 11 aromatic rings. The third kappa shape index (κ3) is 5.92. The molecule has 0 unspecified atom stereocenters. The Bertz CT molecular complexity index is 3240. The fourth-order valence-corrected chi connectivity index (χ4v) is 8.06. The average Bonchev–Trinajstić information content (AvgIpc) is 3.73. The molecule has 0 aliphatic rings. The summed E-state index contributed by atoms with van der Waals surface area (Å²) in [7, 11) is 0. The highest BCUT2D eigenvalue weighted by Gasteiger charge is 2.16. The van der Waals surface area contributed by atoms with Gasteiger partial charge in [0.2, 0.25) is 0 Å². The average molecular weight is 728 g/mol. The molecule has 2 aromatic heterocycles. The van der Waals surface area contributed by atoms with Crippen molar-refractivity contribution in [2.45, 2.75) is 0 Å². The first kappa shape index (κ1) is 32.7. The van der Waals surface area contributed by atoms with Crippen LogP contribution in [0.1, 0.15) is 0 Å². The van der Waals surface area contributed by atoms with Gasteiger partial charge in [0.05, 0.1) is 0 Å². The maximum atomic E-state index is 6.17. The molecule has 266 valence electrons. The van der Waals surface area contributed by atoms with Gasteiger partial charge >= 0.3 is 0 Å². The largest absolute Gasteiger partial charge is 0.456 e. The molecular weight excluding hydrogens is 695 g/mol. The second kappa shape index (κ2) is 13.6. The van der Waals surface area contributed by atoms with Crippen LogP contribution in [0.25, 0.3) is 111 Å². The second-order valence-corrected chi connectivity index (χ2v) is 14.4. The summed E-state index contributed by atoms with van der Waals surface area (Å²) in [5.41, 5.74) is 9.19. The molecule has 0 saturated heterocycles. The number of hydrogen-bond acceptors (Lipinski definition) is 4. The van der Waals surface area contributed by atoms with E-state index in [2.05, 4.69) is 176 Å². The molecule has 4 heteroatoms. The molecule has 0 radical (unpaired) electrons. The topological polar surface area (TPSA) is 51.8 Å². The van der Waals surface area contributed by atoms with Crippen molar-refractivity contribution < 1.29 is 4.42 Å². The van der Waals surface area contributed by atoms with Gasteiger partial charge in [0.1, 0.15) is 11.3 Å². The molecule has 0 fully saturated rings. The SMILES string of the molecule is c1ccc(-c2cccc(-c3nc(-c4ccc(-c5cc6ccccc6o5)cc4)nc(-c4ccc(-c5c6ccccc6cc6c5ccc5ccccc56)cc4)n3)c2)cc1. The summed E-state index contributed by atoms with van der Waals surface area (Å²) in [6.45, 7) is 0. The van der Waals surface area contributed by atoms with Gasteiger partial charge in [-0.25, -0.2) is 15.0 Å². The van der Waals surface area contributed by atoms with E-state index < -0.39 is 0 Å². The summed E-state index contributed by atoms with van der Waals surface area (Å²) < 4.78 is 6.17. The molecule has 0 atom stereocenters. The van der Waals surface area contributed by atoms with E-state index in [4.69, 9.17) is 19.4 Å². The molecule has 9 aromatic carbocycles. The molecule has 0 bridgehead atoms. The highest BCUT2D eigenvalue weighted by Crippen LogP contribution is 2.40. The van der Waals surface area contributed by atoms with Crippen molar-refractivity contribution in [3.8, 4) is 67.7 Å². The lowest BCUT2D eigenvalue weighted by Crippen LogP contribution is -2.00. The summed E-state index contributed by atoms with van der Waals surface area (Å²) in [6.07, 6.45) is 0. The van der Waals surface area contributed by atoms with Crippen molar-refractivity contribution >= 4 is 43.3 Å². The Labute approximate surface area is 329 Å². The van der Waals surface area contributed by atoms with Crippen LogP contribution in [0.15, 0.2) is 205 Å². The molecule has 0 N–H and O–H groups in total. The van der Waals surface area contributed by atoms with Crippen LogP contribution in [0.2, 0.25) is 0 Å². The van der Waals surface area contributed by atoms with Gasteiger partial charge in [-0.3, -0.25) is 0 Å². The molecule has 2 heterocycles. The van der Waals surface area contributed by atoms with Gasteiger partial charge < -0.3 is 4.42 Å². The van der Waals surface area contributed by atoms with Crippen LogP contribution >= 0.6 is 0 Å². The van der Waals surface area contributed by atoms with Gasteiger partial charge in [0.25, 0.3) is 0 Å². The Morgan fingerprint density at radius 3 is 1.58 bits per heavy atom. The minimum atomic E-state index is 0.604. The van der Waals surface area contributed by atoms with Crippen LogP contribution in [-0.4, -0.2) is 15.0 Å². The number of fused-ring (bicyclic) bond motifs is 5. The summed E-state index contributed by atoms with van der Waals surface area (Å²) in [6, 6.07) is 70.0. The maximum absolute atomic E-state index is 6.17. The smallest absolute Gasteiger partial charge is 0.164 e. The van der Waals surface area contributed by atoms with Crippen LogP contribution in [0.4, 0.5) is 0 Å². The fourth-order valence-electron chi connectivity index (χ4n) is 8.06. The van der Waals surface area contributed by atoms with Crippen molar-refractivity contribution in [2.75, 3.05) is 0 Å². The Morgan fingerprint density at radius 2 is 0.842 bits per heavy atom. The lowest BCUT2D eigenvalue weighted by Gasteiger charge is -2.14. The maximum Gasteiger partial charge on any atom is 0.164 e. The van der Waals surface area contributed by atoms with Crippen molar-refractivity contribution in [2.24, 2.45) is 0 Å². The predicted molar refractivity (Wildman–Crippen MR) is 235 cm³/mol. The van der Waals surface area contributed by atoms with Crippen LogP contribution < -0.4 is 0 Å². The number of nitrogens with zero attached hydrogens (tertiary/aromatic N) is 3.